The van der Waals surface area contributed by atoms with Crippen LogP contribution in [0.4, 0.5) is 10.7 Å². The predicted molar refractivity (Wildman–Crippen MR) is 45.3 cm³/mol. The highest BCUT2D eigenvalue weighted by molar-refractivity contribution is 7.14. The first kappa shape index (κ1) is 8.00. The van der Waals surface area contributed by atoms with Crippen molar-refractivity contribution >= 4 is 22.0 Å². The maximum atomic E-state index is 10.4. The van der Waals surface area contributed by atoms with Gasteiger partial charge in [0.1, 0.15) is 5.69 Å². The molecule has 11 heavy (non-hydrogen) atoms. The average molecular weight is 172 g/mol. The molecule has 0 aliphatic rings. The molecule has 0 saturated carbocycles. The number of thiophene rings is 1. The Hall–Kier alpha value is -1.10. The topological polar surface area (TPSA) is 46.4 Å². The summed E-state index contributed by atoms with van der Waals surface area (Å²) in [5.74, 6) is 0. The molecule has 5 heteroatoms. The van der Waals surface area contributed by atoms with E-state index in [1.54, 1.807) is 30.4 Å². The van der Waals surface area contributed by atoms with E-state index in [9.17, 15) is 10.1 Å². The molecular weight excluding hydrogens is 164 g/mol. The molecule has 1 aromatic heterocycles. The Bertz CT molecular complexity index is 269. The van der Waals surface area contributed by atoms with Crippen LogP contribution < -0.4 is 4.90 Å². The molecule has 0 amide bonds. The van der Waals surface area contributed by atoms with Crippen LogP contribution in [0.3, 0.4) is 0 Å². The molecule has 4 nitrogen and oxygen atoms in total. The van der Waals surface area contributed by atoms with Crippen molar-refractivity contribution in [3.8, 4) is 0 Å². The second-order valence-corrected chi connectivity index (χ2v) is 3.16. The first-order valence-corrected chi connectivity index (χ1v) is 3.90. The van der Waals surface area contributed by atoms with Crippen LogP contribution in [0, 0.1) is 10.1 Å². The Kier molecular flexibility index (Phi) is 2.09. The minimum absolute atomic E-state index is 0.204. The zero-order chi connectivity index (χ0) is 8.43. The van der Waals surface area contributed by atoms with E-state index in [4.69, 9.17) is 0 Å². The largest absolute Gasteiger partial charge is 0.371 e. The van der Waals surface area contributed by atoms with Gasteiger partial charge in [0.05, 0.1) is 4.92 Å². The third-order valence-corrected chi connectivity index (χ3v) is 2.13. The van der Waals surface area contributed by atoms with E-state index in [1.807, 2.05) is 0 Å². The van der Waals surface area contributed by atoms with Gasteiger partial charge in [-0.15, -0.1) is 0 Å². The monoisotopic (exact) mass is 172 g/mol. The molecule has 0 bridgehead atoms. The second-order valence-electron chi connectivity index (χ2n) is 2.26. The first-order valence-electron chi connectivity index (χ1n) is 3.02. The van der Waals surface area contributed by atoms with Crippen molar-refractivity contribution in [2.75, 3.05) is 19.0 Å². The second kappa shape index (κ2) is 2.87. The fraction of sp³-hybridized carbons (Fsp3) is 0.333. The SMILES string of the molecule is CN(C)c1ccsc1[N+](=O)[O-]. The van der Waals surface area contributed by atoms with Gasteiger partial charge in [-0.1, -0.05) is 11.3 Å². The molecule has 0 spiro atoms. The molecule has 0 unspecified atom stereocenters. The van der Waals surface area contributed by atoms with Crippen LogP contribution in [-0.4, -0.2) is 19.0 Å². The maximum Gasteiger partial charge on any atom is 0.347 e. The van der Waals surface area contributed by atoms with Crippen LogP contribution in [0.25, 0.3) is 0 Å². The van der Waals surface area contributed by atoms with Gasteiger partial charge in [0.25, 0.3) is 0 Å². The number of hydrogen-bond donors (Lipinski definition) is 0. The van der Waals surface area contributed by atoms with E-state index in [0.29, 0.717) is 5.69 Å². The zero-order valence-corrected chi connectivity index (χ0v) is 7.09. The number of nitro groups is 1. The van der Waals surface area contributed by atoms with Gasteiger partial charge in [0.2, 0.25) is 0 Å². The van der Waals surface area contributed by atoms with Crippen molar-refractivity contribution in [1.82, 2.24) is 0 Å². The van der Waals surface area contributed by atoms with E-state index < -0.39 is 0 Å². The Morgan fingerprint density at radius 2 is 2.27 bits per heavy atom. The highest BCUT2D eigenvalue weighted by Crippen LogP contribution is 2.32. The minimum Gasteiger partial charge on any atom is -0.371 e. The highest BCUT2D eigenvalue weighted by Gasteiger charge is 2.15. The van der Waals surface area contributed by atoms with Gasteiger partial charge in [0.15, 0.2) is 0 Å². The Morgan fingerprint density at radius 1 is 1.64 bits per heavy atom. The lowest BCUT2D eigenvalue weighted by Crippen LogP contribution is -2.08. The van der Waals surface area contributed by atoms with Gasteiger partial charge in [-0.25, -0.2) is 0 Å². The van der Waals surface area contributed by atoms with Gasteiger partial charge < -0.3 is 4.90 Å². The van der Waals surface area contributed by atoms with Gasteiger partial charge in [-0.2, -0.15) is 0 Å². The Balaban J connectivity index is 3.06. The summed E-state index contributed by atoms with van der Waals surface area (Å²) in [6.45, 7) is 0. The fourth-order valence-electron chi connectivity index (χ4n) is 0.772. The molecule has 60 valence electrons. The highest BCUT2D eigenvalue weighted by atomic mass is 32.1. The molecule has 0 fully saturated rings. The smallest absolute Gasteiger partial charge is 0.347 e. The number of nitrogens with zero attached hydrogens (tertiary/aromatic N) is 2. The Labute approximate surface area is 68.2 Å². The summed E-state index contributed by atoms with van der Waals surface area (Å²) in [6.07, 6.45) is 0. The van der Waals surface area contributed by atoms with Crippen LogP contribution in [0.1, 0.15) is 0 Å². The summed E-state index contributed by atoms with van der Waals surface area (Å²) in [4.78, 5) is 11.7. The summed E-state index contributed by atoms with van der Waals surface area (Å²) >= 11 is 1.15. The Morgan fingerprint density at radius 3 is 2.64 bits per heavy atom. The van der Waals surface area contributed by atoms with E-state index in [1.165, 1.54) is 0 Å². The van der Waals surface area contributed by atoms with Crippen molar-refractivity contribution in [2.45, 2.75) is 0 Å². The van der Waals surface area contributed by atoms with Gasteiger partial charge in [-0.3, -0.25) is 10.1 Å². The maximum absolute atomic E-state index is 10.4. The molecule has 0 radical (unpaired) electrons. The minimum atomic E-state index is -0.361. The molecule has 0 aromatic carbocycles. The van der Waals surface area contributed by atoms with Crippen molar-refractivity contribution in [3.63, 3.8) is 0 Å². The van der Waals surface area contributed by atoms with Crippen LogP contribution in [-0.2, 0) is 0 Å². The molecule has 0 N–H and O–H groups in total. The third-order valence-electron chi connectivity index (χ3n) is 1.27. The predicted octanol–water partition coefficient (Wildman–Crippen LogP) is 1.72. The van der Waals surface area contributed by atoms with Crippen LogP contribution in [0.5, 0.6) is 0 Å². The molecule has 0 aliphatic carbocycles. The lowest BCUT2D eigenvalue weighted by Gasteiger charge is -2.07. The molecule has 0 saturated heterocycles. The fourth-order valence-corrected chi connectivity index (χ4v) is 1.55. The number of rotatable bonds is 2. The van der Waals surface area contributed by atoms with Crippen LogP contribution in [0.15, 0.2) is 11.4 Å². The van der Waals surface area contributed by atoms with Crippen molar-refractivity contribution in [1.29, 1.82) is 0 Å². The molecule has 0 atom stereocenters. The molecule has 1 rings (SSSR count). The third kappa shape index (κ3) is 1.48. The van der Waals surface area contributed by atoms with Gasteiger partial charge >= 0.3 is 5.00 Å². The summed E-state index contributed by atoms with van der Waals surface area (Å²) < 4.78 is 0. The summed E-state index contributed by atoms with van der Waals surface area (Å²) in [5.41, 5.74) is 0.667. The van der Waals surface area contributed by atoms with E-state index in [-0.39, 0.29) is 9.92 Å². The molecule has 1 heterocycles. The van der Waals surface area contributed by atoms with E-state index in [2.05, 4.69) is 0 Å². The van der Waals surface area contributed by atoms with Crippen LogP contribution in [0.2, 0.25) is 0 Å². The zero-order valence-electron chi connectivity index (χ0n) is 6.27. The molecule has 1 aromatic rings. The quantitative estimate of drug-likeness (QED) is 0.504. The van der Waals surface area contributed by atoms with E-state index in [0.717, 1.165) is 11.3 Å². The van der Waals surface area contributed by atoms with E-state index >= 15 is 0 Å². The normalized spacial score (nSPS) is 9.64. The van der Waals surface area contributed by atoms with Gasteiger partial charge in [0, 0.05) is 14.1 Å². The number of hydrogen-bond acceptors (Lipinski definition) is 4. The summed E-state index contributed by atoms with van der Waals surface area (Å²) in [7, 11) is 3.57. The summed E-state index contributed by atoms with van der Waals surface area (Å²) in [5, 5.41) is 12.3. The standard InChI is InChI=1S/C6H8N2O2S/c1-7(2)5-3-4-11-6(5)8(9)10/h3-4H,1-2H3. The molecule has 0 aliphatic heterocycles. The summed E-state index contributed by atoms with van der Waals surface area (Å²) in [6, 6.07) is 1.74. The van der Waals surface area contributed by atoms with Crippen molar-refractivity contribution in [2.24, 2.45) is 0 Å². The van der Waals surface area contributed by atoms with Crippen molar-refractivity contribution in [3.05, 3.63) is 21.6 Å². The van der Waals surface area contributed by atoms with Gasteiger partial charge in [-0.05, 0) is 11.4 Å². The van der Waals surface area contributed by atoms with Crippen LogP contribution >= 0.6 is 11.3 Å². The van der Waals surface area contributed by atoms with Crippen molar-refractivity contribution < 1.29 is 4.92 Å². The first-order chi connectivity index (χ1) is 5.13. The number of anilines is 1. The lowest BCUT2D eigenvalue weighted by molar-refractivity contribution is -0.379. The average Bonchev–Trinajstić information content (AvgIpc) is 2.32. The lowest BCUT2D eigenvalue weighted by atomic mass is 10.5. The molecular formula is C6H8N2O2S.